The van der Waals surface area contributed by atoms with Crippen molar-refractivity contribution in [3.63, 3.8) is 0 Å². The molecule has 11 nitrogen and oxygen atoms in total. The number of esters is 1. The maximum atomic E-state index is 12.2. The standard InChI is InChI=1S/C35H66NO10P/c1-3-5-7-9-11-13-15-16-17-19-21-23-25-27-34(39)44-28-31(37)29-45-47(42,43)46-30-32(35(40)41)36-33(38)26-24-22-20-18-14-12-10-8-6-4-2/h8,10,31-32,37H,3-7,9,11-30H2,1-2H3,(H,36,38)(H,40,41)(H,42,43)/b10-8-. The van der Waals surface area contributed by atoms with Crippen LogP contribution in [-0.4, -0.2) is 64.9 Å². The largest absolute Gasteiger partial charge is 0.480 e. The maximum absolute atomic E-state index is 12.2. The van der Waals surface area contributed by atoms with E-state index in [0.29, 0.717) is 12.8 Å². The molecular weight excluding hydrogens is 625 g/mol. The molecule has 12 heteroatoms. The average molecular weight is 692 g/mol. The number of phosphoric acid groups is 1. The molecule has 4 N–H and O–H groups in total. The van der Waals surface area contributed by atoms with Gasteiger partial charge in [0.2, 0.25) is 5.91 Å². The maximum Gasteiger partial charge on any atom is 0.472 e. The zero-order valence-corrected chi connectivity index (χ0v) is 30.2. The quantitative estimate of drug-likeness (QED) is 0.0224. The zero-order valence-electron chi connectivity index (χ0n) is 29.3. The Kier molecular flexibility index (Phi) is 30.3. The molecule has 0 aliphatic heterocycles. The summed E-state index contributed by atoms with van der Waals surface area (Å²) < 4.78 is 26.6. The van der Waals surface area contributed by atoms with Crippen LogP contribution >= 0.6 is 7.82 Å². The van der Waals surface area contributed by atoms with E-state index in [1.807, 2.05) is 0 Å². The number of aliphatic hydroxyl groups is 1. The fourth-order valence-corrected chi connectivity index (χ4v) is 5.68. The van der Waals surface area contributed by atoms with Gasteiger partial charge in [-0.25, -0.2) is 9.36 Å². The van der Waals surface area contributed by atoms with Crippen molar-refractivity contribution >= 4 is 25.7 Å². The highest BCUT2D eigenvalue weighted by Crippen LogP contribution is 2.43. The van der Waals surface area contributed by atoms with E-state index in [-0.39, 0.29) is 12.8 Å². The second kappa shape index (κ2) is 31.5. The van der Waals surface area contributed by atoms with Crippen LogP contribution in [0.1, 0.15) is 162 Å². The van der Waals surface area contributed by atoms with Crippen LogP contribution in [0.5, 0.6) is 0 Å². The monoisotopic (exact) mass is 691 g/mol. The second-order valence-corrected chi connectivity index (χ2v) is 13.9. The fourth-order valence-electron chi connectivity index (χ4n) is 4.90. The van der Waals surface area contributed by atoms with Crippen molar-refractivity contribution in [1.82, 2.24) is 5.32 Å². The van der Waals surface area contributed by atoms with Crippen LogP contribution in [-0.2, 0) is 32.7 Å². The first-order chi connectivity index (χ1) is 22.6. The summed E-state index contributed by atoms with van der Waals surface area (Å²) in [6.07, 6.45) is 26.8. The Morgan fingerprint density at radius 2 is 1.15 bits per heavy atom. The molecule has 0 aromatic carbocycles. The summed E-state index contributed by atoms with van der Waals surface area (Å²) in [6.45, 7) is 2.49. The molecule has 276 valence electrons. The SMILES string of the molecule is CCC/C=C\CCCCCCCC(=O)NC(COP(=O)(O)OCC(O)COC(=O)CCCCCCCCCCCCCCC)C(=O)O. The van der Waals surface area contributed by atoms with Gasteiger partial charge in [-0.3, -0.25) is 18.6 Å². The van der Waals surface area contributed by atoms with Crippen LogP contribution < -0.4 is 5.32 Å². The van der Waals surface area contributed by atoms with Gasteiger partial charge < -0.3 is 25.2 Å². The fraction of sp³-hybridized carbons (Fsp3) is 0.857. The van der Waals surface area contributed by atoms with Crippen molar-refractivity contribution in [2.45, 2.75) is 174 Å². The Balaban J connectivity index is 3.97. The summed E-state index contributed by atoms with van der Waals surface area (Å²) in [5, 5.41) is 21.7. The highest BCUT2D eigenvalue weighted by molar-refractivity contribution is 7.47. The number of phosphoric ester groups is 1. The number of ether oxygens (including phenoxy) is 1. The van der Waals surface area contributed by atoms with Crippen LogP contribution in [0.4, 0.5) is 0 Å². The zero-order chi connectivity index (χ0) is 35.0. The van der Waals surface area contributed by atoms with Crippen molar-refractivity contribution in [3.05, 3.63) is 12.2 Å². The molecule has 3 atom stereocenters. The Morgan fingerprint density at radius 1 is 0.660 bits per heavy atom. The minimum atomic E-state index is -4.74. The summed E-state index contributed by atoms with van der Waals surface area (Å²) in [7, 11) is -4.74. The smallest absolute Gasteiger partial charge is 0.472 e. The highest BCUT2D eigenvalue weighted by atomic mass is 31.2. The van der Waals surface area contributed by atoms with Crippen LogP contribution in [0.3, 0.4) is 0 Å². The molecule has 0 aromatic heterocycles. The number of hydrogen-bond acceptors (Lipinski definition) is 8. The topological polar surface area (TPSA) is 169 Å². The van der Waals surface area contributed by atoms with Gasteiger partial charge in [0.15, 0.2) is 6.04 Å². The molecule has 0 radical (unpaired) electrons. The Hall–Kier alpha value is -1.78. The van der Waals surface area contributed by atoms with Gasteiger partial charge >= 0.3 is 19.8 Å². The van der Waals surface area contributed by atoms with Gasteiger partial charge in [-0.05, 0) is 32.1 Å². The molecule has 0 spiro atoms. The van der Waals surface area contributed by atoms with Crippen molar-refractivity contribution in [1.29, 1.82) is 0 Å². The summed E-state index contributed by atoms with van der Waals surface area (Å²) in [6, 6.07) is -1.54. The summed E-state index contributed by atoms with van der Waals surface area (Å²) in [4.78, 5) is 45.5. The van der Waals surface area contributed by atoms with Crippen molar-refractivity contribution in [3.8, 4) is 0 Å². The molecule has 0 rings (SSSR count). The predicted octanol–water partition coefficient (Wildman–Crippen LogP) is 8.16. The van der Waals surface area contributed by atoms with Gasteiger partial charge in [-0.2, -0.15) is 0 Å². The number of carbonyl (C=O) groups excluding carboxylic acids is 2. The first-order valence-corrected chi connectivity index (χ1v) is 19.7. The van der Waals surface area contributed by atoms with Gasteiger partial charge in [0.25, 0.3) is 0 Å². The van der Waals surface area contributed by atoms with Gasteiger partial charge in [0.1, 0.15) is 12.7 Å². The van der Waals surface area contributed by atoms with Gasteiger partial charge in [-0.1, -0.05) is 129 Å². The average Bonchev–Trinajstić information content (AvgIpc) is 3.04. The molecule has 0 aliphatic carbocycles. The number of aliphatic hydroxyl groups excluding tert-OH is 1. The Bertz CT molecular complexity index is 869. The van der Waals surface area contributed by atoms with Crippen LogP contribution in [0.25, 0.3) is 0 Å². The molecule has 0 fully saturated rings. The summed E-state index contributed by atoms with van der Waals surface area (Å²) in [5.41, 5.74) is 0. The number of rotatable bonds is 34. The molecule has 0 aliphatic rings. The minimum absolute atomic E-state index is 0.137. The normalized spacial score (nSPS) is 14.1. The van der Waals surface area contributed by atoms with Gasteiger partial charge in [0.05, 0.1) is 13.2 Å². The molecule has 0 saturated heterocycles. The van der Waals surface area contributed by atoms with E-state index in [1.165, 1.54) is 57.8 Å². The third-order valence-electron chi connectivity index (χ3n) is 7.79. The van der Waals surface area contributed by atoms with E-state index in [9.17, 15) is 34.1 Å². The minimum Gasteiger partial charge on any atom is -0.480 e. The van der Waals surface area contributed by atoms with E-state index in [0.717, 1.165) is 64.2 Å². The number of carboxylic acids is 1. The Labute approximate surface area is 284 Å². The lowest BCUT2D eigenvalue weighted by Gasteiger charge is -2.18. The molecule has 3 unspecified atom stereocenters. The number of allylic oxidation sites excluding steroid dienone is 2. The number of carbonyl (C=O) groups is 3. The van der Waals surface area contributed by atoms with E-state index in [2.05, 4.69) is 31.3 Å². The number of carboxylic acid groups (broad SMARTS) is 1. The first-order valence-electron chi connectivity index (χ1n) is 18.2. The number of nitrogens with one attached hydrogen (secondary N) is 1. The lowest BCUT2D eigenvalue weighted by atomic mass is 10.0. The van der Waals surface area contributed by atoms with Gasteiger partial charge in [-0.15, -0.1) is 0 Å². The lowest BCUT2D eigenvalue weighted by Crippen LogP contribution is -2.43. The summed E-state index contributed by atoms with van der Waals surface area (Å²) >= 11 is 0. The van der Waals surface area contributed by atoms with Crippen molar-refractivity contribution in [2.24, 2.45) is 0 Å². The van der Waals surface area contributed by atoms with E-state index in [1.54, 1.807) is 0 Å². The molecule has 47 heavy (non-hydrogen) atoms. The molecule has 0 saturated carbocycles. The van der Waals surface area contributed by atoms with Crippen molar-refractivity contribution in [2.75, 3.05) is 19.8 Å². The molecule has 1 amide bonds. The van der Waals surface area contributed by atoms with E-state index >= 15 is 0 Å². The van der Waals surface area contributed by atoms with Crippen molar-refractivity contribution < 1.29 is 47.8 Å². The molecular formula is C35H66NO10P. The number of unbranched alkanes of at least 4 members (excludes halogenated alkanes) is 18. The third kappa shape index (κ3) is 31.3. The summed E-state index contributed by atoms with van der Waals surface area (Å²) in [5.74, 6) is -2.39. The Morgan fingerprint density at radius 3 is 1.70 bits per heavy atom. The van der Waals surface area contributed by atoms with Crippen LogP contribution in [0.15, 0.2) is 12.2 Å². The number of amides is 1. The van der Waals surface area contributed by atoms with E-state index in [4.69, 9.17) is 13.8 Å². The highest BCUT2D eigenvalue weighted by Gasteiger charge is 2.28. The predicted molar refractivity (Wildman–Crippen MR) is 185 cm³/mol. The molecule has 0 bridgehead atoms. The number of hydrogen-bond donors (Lipinski definition) is 4. The first kappa shape index (κ1) is 45.2. The second-order valence-electron chi connectivity index (χ2n) is 12.4. The molecule has 0 aromatic rings. The van der Waals surface area contributed by atoms with Gasteiger partial charge in [0, 0.05) is 12.8 Å². The number of aliphatic carboxylic acids is 1. The molecule has 0 heterocycles. The van der Waals surface area contributed by atoms with E-state index < -0.39 is 57.6 Å². The lowest BCUT2D eigenvalue weighted by molar-refractivity contribution is -0.147. The third-order valence-corrected chi connectivity index (χ3v) is 8.74. The van der Waals surface area contributed by atoms with Crippen LogP contribution in [0, 0.1) is 0 Å². The van der Waals surface area contributed by atoms with Crippen LogP contribution in [0.2, 0.25) is 0 Å².